The Bertz CT molecular complexity index is 621. The summed E-state index contributed by atoms with van der Waals surface area (Å²) < 4.78 is 5.24. The molecule has 1 N–H and O–H groups in total. The normalized spacial score (nSPS) is 17.8. The fraction of sp³-hybridized carbons (Fsp3) is 0.467. The molecule has 0 spiro atoms. The number of morpholine rings is 1. The summed E-state index contributed by atoms with van der Waals surface area (Å²) in [5.41, 5.74) is 0.957. The second-order valence-corrected chi connectivity index (χ2v) is 5.69. The molecule has 1 unspecified atom stereocenters. The molecule has 6 heteroatoms. The maximum Gasteiger partial charge on any atom is 0.264 e. The monoisotopic (exact) mass is 304 g/mol. The number of aliphatic hydroxyl groups is 1. The van der Waals surface area contributed by atoms with Crippen molar-refractivity contribution in [2.45, 2.75) is 19.4 Å². The maximum atomic E-state index is 12.4. The van der Waals surface area contributed by atoms with Crippen LogP contribution in [0.3, 0.4) is 0 Å². The Labute approximate surface area is 127 Å². The van der Waals surface area contributed by atoms with Gasteiger partial charge in [-0.05, 0) is 18.6 Å². The molecular weight excluding hydrogens is 288 g/mol. The van der Waals surface area contributed by atoms with E-state index in [4.69, 9.17) is 15.1 Å². The van der Waals surface area contributed by atoms with E-state index in [2.05, 4.69) is 11.8 Å². The summed E-state index contributed by atoms with van der Waals surface area (Å²) in [6.45, 7) is 3.13. The summed E-state index contributed by atoms with van der Waals surface area (Å²) in [6, 6.07) is 3.86. The molecule has 0 aromatic carbocycles. The molecule has 2 heterocycles. The minimum absolute atomic E-state index is 0.0343. The summed E-state index contributed by atoms with van der Waals surface area (Å²) >= 11 is 1.35. The number of amides is 1. The highest BCUT2D eigenvalue weighted by Crippen LogP contribution is 2.23. The van der Waals surface area contributed by atoms with E-state index < -0.39 is 6.10 Å². The van der Waals surface area contributed by atoms with Crippen molar-refractivity contribution >= 4 is 17.2 Å². The van der Waals surface area contributed by atoms with E-state index in [-0.39, 0.29) is 12.5 Å². The van der Waals surface area contributed by atoms with Crippen LogP contribution >= 0.6 is 11.3 Å². The van der Waals surface area contributed by atoms with Crippen molar-refractivity contribution in [2.75, 3.05) is 26.3 Å². The third-order valence-electron chi connectivity index (χ3n) is 3.06. The highest BCUT2D eigenvalue weighted by molar-refractivity contribution is 7.14. The number of aliphatic hydroxyl groups excluding tert-OH is 1. The zero-order valence-corrected chi connectivity index (χ0v) is 12.6. The van der Waals surface area contributed by atoms with Crippen molar-refractivity contribution in [1.82, 2.24) is 4.90 Å². The molecule has 5 nitrogen and oxygen atoms in total. The summed E-state index contributed by atoms with van der Waals surface area (Å²) in [7, 11) is 0. The lowest BCUT2D eigenvalue weighted by Crippen LogP contribution is -2.44. The Hall–Kier alpha value is -1.86. The standard InChI is InChI=1S/C15H16N2O3S/c1-11-8-14(21-13(11)4-2-3-6-18)15(19)17-5-7-20-12(9-16)10-17/h8,12,18H,3,5-7,10H2,1H3. The van der Waals surface area contributed by atoms with E-state index in [0.29, 0.717) is 31.0 Å². The van der Waals surface area contributed by atoms with Crippen LogP contribution in [-0.4, -0.2) is 48.3 Å². The van der Waals surface area contributed by atoms with E-state index >= 15 is 0 Å². The van der Waals surface area contributed by atoms with Crippen LogP contribution in [0.4, 0.5) is 0 Å². The molecule has 1 aromatic heterocycles. The van der Waals surface area contributed by atoms with Crippen LogP contribution in [0.2, 0.25) is 0 Å². The first-order valence-electron chi connectivity index (χ1n) is 6.66. The van der Waals surface area contributed by atoms with Crippen molar-refractivity contribution in [3.63, 3.8) is 0 Å². The Morgan fingerprint density at radius 3 is 3.19 bits per heavy atom. The molecular formula is C15H16N2O3S. The molecule has 1 aliphatic rings. The number of aryl methyl sites for hydroxylation is 1. The Kier molecular flexibility index (Phi) is 5.35. The summed E-state index contributed by atoms with van der Waals surface area (Å²) in [5.74, 6) is 5.75. The van der Waals surface area contributed by atoms with Crippen molar-refractivity contribution in [3.05, 3.63) is 21.4 Å². The van der Waals surface area contributed by atoms with E-state index in [0.717, 1.165) is 10.4 Å². The molecule has 0 aliphatic carbocycles. The number of hydrogen-bond donors (Lipinski definition) is 1. The quantitative estimate of drug-likeness (QED) is 0.832. The lowest BCUT2D eigenvalue weighted by Gasteiger charge is -2.29. The predicted octanol–water partition coefficient (Wildman–Crippen LogP) is 1.16. The molecule has 1 fully saturated rings. The van der Waals surface area contributed by atoms with Crippen LogP contribution in [0.15, 0.2) is 6.07 Å². The van der Waals surface area contributed by atoms with Crippen molar-refractivity contribution in [1.29, 1.82) is 5.26 Å². The van der Waals surface area contributed by atoms with Crippen LogP contribution in [-0.2, 0) is 4.74 Å². The van der Waals surface area contributed by atoms with Crippen LogP contribution in [0.5, 0.6) is 0 Å². The van der Waals surface area contributed by atoms with Gasteiger partial charge in [0.2, 0.25) is 0 Å². The predicted molar refractivity (Wildman–Crippen MR) is 78.9 cm³/mol. The first-order chi connectivity index (χ1) is 10.2. The zero-order valence-electron chi connectivity index (χ0n) is 11.8. The second kappa shape index (κ2) is 7.24. The van der Waals surface area contributed by atoms with Crippen molar-refractivity contribution in [3.8, 4) is 17.9 Å². The first kappa shape index (κ1) is 15.5. The number of nitrogens with zero attached hydrogens (tertiary/aromatic N) is 2. The number of carbonyl (C=O) groups is 1. The molecule has 2 rings (SSSR count). The van der Waals surface area contributed by atoms with Gasteiger partial charge in [0.1, 0.15) is 0 Å². The first-order valence-corrected chi connectivity index (χ1v) is 7.48. The second-order valence-electron chi connectivity index (χ2n) is 4.64. The molecule has 0 radical (unpaired) electrons. The van der Waals surface area contributed by atoms with Gasteiger partial charge in [-0.1, -0.05) is 11.8 Å². The molecule has 1 saturated heterocycles. The van der Waals surface area contributed by atoms with Crippen LogP contribution < -0.4 is 0 Å². The molecule has 1 aliphatic heterocycles. The van der Waals surface area contributed by atoms with E-state index in [9.17, 15) is 4.79 Å². The lowest BCUT2D eigenvalue weighted by molar-refractivity contribution is 0.00369. The van der Waals surface area contributed by atoms with E-state index in [1.54, 1.807) is 4.90 Å². The number of thiophene rings is 1. The summed E-state index contributed by atoms with van der Waals surface area (Å²) in [6.07, 6.45) is -0.124. The summed E-state index contributed by atoms with van der Waals surface area (Å²) in [5, 5.41) is 17.6. The van der Waals surface area contributed by atoms with Gasteiger partial charge in [0.15, 0.2) is 6.10 Å². The lowest BCUT2D eigenvalue weighted by atomic mass is 10.2. The number of hydrogen-bond acceptors (Lipinski definition) is 5. The molecule has 0 saturated carbocycles. The van der Waals surface area contributed by atoms with Crippen LogP contribution in [0.25, 0.3) is 0 Å². The fourth-order valence-electron chi connectivity index (χ4n) is 1.98. The largest absolute Gasteiger partial charge is 0.395 e. The molecule has 1 amide bonds. The van der Waals surface area contributed by atoms with Gasteiger partial charge in [-0.25, -0.2) is 0 Å². The number of carbonyl (C=O) groups excluding carboxylic acids is 1. The SMILES string of the molecule is Cc1cc(C(=O)N2CCOC(C#N)C2)sc1C#CCCO. The van der Waals surface area contributed by atoms with E-state index in [1.807, 2.05) is 19.1 Å². The van der Waals surface area contributed by atoms with Crippen LogP contribution in [0, 0.1) is 30.1 Å². The maximum absolute atomic E-state index is 12.4. The van der Waals surface area contributed by atoms with Gasteiger partial charge in [-0.3, -0.25) is 4.79 Å². The van der Waals surface area contributed by atoms with Gasteiger partial charge in [-0.15, -0.1) is 11.3 Å². The van der Waals surface area contributed by atoms with Gasteiger partial charge in [-0.2, -0.15) is 5.26 Å². The highest BCUT2D eigenvalue weighted by atomic mass is 32.1. The average Bonchev–Trinajstić information content (AvgIpc) is 2.88. The Balaban J connectivity index is 2.12. The molecule has 21 heavy (non-hydrogen) atoms. The molecule has 110 valence electrons. The molecule has 1 aromatic rings. The molecule has 1 atom stereocenters. The minimum atomic E-state index is -0.549. The summed E-state index contributed by atoms with van der Waals surface area (Å²) in [4.78, 5) is 15.6. The average molecular weight is 304 g/mol. The third-order valence-corrected chi connectivity index (χ3v) is 4.21. The number of nitriles is 1. The fourth-order valence-corrected chi connectivity index (χ4v) is 2.99. The topological polar surface area (TPSA) is 73.6 Å². The van der Waals surface area contributed by atoms with Crippen LogP contribution in [0.1, 0.15) is 26.5 Å². The Morgan fingerprint density at radius 2 is 2.48 bits per heavy atom. The number of ether oxygens (including phenoxy) is 1. The van der Waals surface area contributed by atoms with Crippen molar-refractivity contribution in [2.24, 2.45) is 0 Å². The van der Waals surface area contributed by atoms with Crippen molar-refractivity contribution < 1.29 is 14.6 Å². The van der Waals surface area contributed by atoms with Gasteiger partial charge < -0.3 is 14.7 Å². The number of rotatable bonds is 2. The van der Waals surface area contributed by atoms with Gasteiger partial charge >= 0.3 is 0 Å². The minimum Gasteiger partial charge on any atom is -0.395 e. The van der Waals surface area contributed by atoms with Gasteiger partial charge in [0.25, 0.3) is 5.91 Å². The van der Waals surface area contributed by atoms with E-state index in [1.165, 1.54) is 11.3 Å². The van der Waals surface area contributed by atoms with Gasteiger partial charge in [0, 0.05) is 13.0 Å². The highest BCUT2D eigenvalue weighted by Gasteiger charge is 2.26. The molecule has 0 bridgehead atoms. The van der Waals surface area contributed by atoms with Gasteiger partial charge in [0.05, 0.1) is 35.6 Å². The zero-order chi connectivity index (χ0) is 15.2. The third kappa shape index (κ3) is 3.83. The smallest absolute Gasteiger partial charge is 0.264 e. The Morgan fingerprint density at radius 1 is 1.67 bits per heavy atom.